The molecule has 5 heteroatoms. The van der Waals surface area contributed by atoms with Gasteiger partial charge < -0.3 is 15.4 Å². The van der Waals surface area contributed by atoms with Crippen molar-refractivity contribution in [3.05, 3.63) is 29.8 Å². The first kappa shape index (κ1) is 14.4. The normalized spacial score (nSPS) is 18.2. The van der Waals surface area contributed by atoms with Crippen LogP contribution in [0.4, 0.5) is 0 Å². The largest absolute Gasteiger partial charge is 0.494 e. The van der Waals surface area contributed by atoms with E-state index in [1.807, 2.05) is 31.2 Å². The first-order valence-electron chi connectivity index (χ1n) is 6.95. The van der Waals surface area contributed by atoms with E-state index in [2.05, 4.69) is 10.6 Å². The van der Waals surface area contributed by atoms with E-state index < -0.39 is 0 Å². The summed E-state index contributed by atoms with van der Waals surface area (Å²) < 4.78 is 5.42. The highest BCUT2D eigenvalue weighted by atomic mass is 16.5. The summed E-state index contributed by atoms with van der Waals surface area (Å²) in [6.07, 6.45) is 1.05. The van der Waals surface area contributed by atoms with Crippen molar-refractivity contribution >= 4 is 11.8 Å². The average molecular weight is 276 g/mol. The number of hydrogen-bond donors (Lipinski definition) is 2. The summed E-state index contributed by atoms with van der Waals surface area (Å²) in [5.74, 6) is 0.706. The average Bonchev–Trinajstić information content (AvgIpc) is 2.46. The van der Waals surface area contributed by atoms with Crippen molar-refractivity contribution in [3.63, 3.8) is 0 Å². The number of ether oxygens (including phenoxy) is 1. The highest BCUT2D eigenvalue weighted by Gasteiger charge is 2.23. The number of rotatable bonds is 5. The van der Waals surface area contributed by atoms with Crippen LogP contribution in [0.25, 0.3) is 0 Å². The number of carbonyl (C=O) groups excluding carboxylic acids is 2. The van der Waals surface area contributed by atoms with E-state index in [4.69, 9.17) is 4.74 Å². The fraction of sp³-hybridized carbons (Fsp3) is 0.467. The van der Waals surface area contributed by atoms with Crippen LogP contribution in [0.2, 0.25) is 0 Å². The van der Waals surface area contributed by atoms with Crippen molar-refractivity contribution in [2.24, 2.45) is 5.92 Å². The molecular formula is C15H20N2O3. The van der Waals surface area contributed by atoms with Gasteiger partial charge in [0.2, 0.25) is 11.8 Å². The fourth-order valence-electron chi connectivity index (χ4n) is 2.20. The Kier molecular flexibility index (Phi) is 4.98. The lowest BCUT2D eigenvalue weighted by Crippen LogP contribution is -2.42. The predicted octanol–water partition coefficient (Wildman–Crippen LogP) is 1.23. The van der Waals surface area contributed by atoms with Gasteiger partial charge in [-0.25, -0.2) is 0 Å². The van der Waals surface area contributed by atoms with Gasteiger partial charge in [0.1, 0.15) is 5.75 Å². The third kappa shape index (κ3) is 3.98. The van der Waals surface area contributed by atoms with Gasteiger partial charge in [0.15, 0.2) is 0 Å². The molecule has 1 aliphatic rings. The van der Waals surface area contributed by atoms with Gasteiger partial charge in [-0.05, 0) is 31.0 Å². The Morgan fingerprint density at radius 1 is 1.50 bits per heavy atom. The SMILES string of the molecule is CCOc1cccc(CNC(=O)C2CCC(=O)NC2)c1. The molecule has 0 radical (unpaired) electrons. The smallest absolute Gasteiger partial charge is 0.225 e. The standard InChI is InChI=1S/C15H20N2O3/c1-2-20-13-5-3-4-11(8-13)9-17-15(19)12-6-7-14(18)16-10-12/h3-5,8,12H,2,6-7,9-10H2,1H3,(H,16,18)(H,17,19). The van der Waals surface area contributed by atoms with Crippen LogP contribution >= 0.6 is 0 Å². The minimum atomic E-state index is -0.122. The monoisotopic (exact) mass is 276 g/mol. The van der Waals surface area contributed by atoms with Crippen LogP contribution in [0.3, 0.4) is 0 Å². The van der Waals surface area contributed by atoms with Gasteiger partial charge in [0, 0.05) is 19.5 Å². The van der Waals surface area contributed by atoms with Crippen molar-refractivity contribution < 1.29 is 14.3 Å². The maximum atomic E-state index is 12.0. The summed E-state index contributed by atoms with van der Waals surface area (Å²) >= 11 is 0. The van der Waals surface area contributed by atoms with E-state index in [9.17, 15) is 9.59 Å². The van der Waals surface area contributed by atoms with Crippen molar-refractivity contribution in [1.82, 2.24) is 10.6 Å². The number of carbonyl (C=O) groups is 2. The van der Waals surface area contributed by atoms with E-state index in [0.717, 1.165) is 11.3 Å². The second-order valence-electron chi connectivity index (χ2n) is 4.84. The molecule has 2 rings (SSSR count). The minimum absolute atomic E-state index is 0.00758. The van der Waals surface area contributed by atoms with Gasteiger partial charge in [-0.2, -0.15) is 0 Å². The van der Waals surface area contributed by atoms with Crippen LogP contribution < -0.4 is 15.4 Å². The van der Waals surface area contributed by atoms with Gasteiger partial charge in [0.25, 0.3) is 0 Å². The molecule has 1 unspecified atom stereocenters. The third-order valence-corrected chi connectivity index (χ3v) is 3.31. The lowest BCUT2D eigenvalue weighted by molar-refractivity contribution is -0.129. The van der Waals surface area contributed by atoms with Crippen LogP contribution in [0, 0.1) is 5.92 Å². The first-order valence-corrected chi connectivity index (χ1v) is 6.95. The summed E-state index contributed by atoms with van der Waals surface area (Å²) in [4.78, 5) is 23.0. The van der Waals surface area contributed by atoms with E-state index in [0.29, 0.717) is 32.5 Å². The molecule has 5 nitrogen and oxygen atoms in total. The fourth-order valence-corrected chi connectivity index (χ4v) is 2.20. The first-order chi connectivity index (χ1) is 9.69. The maximum Gasteiger partial charge on any atom is 0.225 e. The Bertz CT molecular complexity index is 478. The van der Waals surface area contributed by atoms with Crippen molar-refractivity contribution in [3.8, 4) is 5.75 Å². The number of piperidine rings is 1. The zero-order valence-corrected chi connectivity index (χ0v) is 11.6. The summed E-state index contributed by atoms with van der Waals surface area (Å²) in [6, 6.07) is 7.68. The van der Waals surface area contributed by atoms with E-state index in [1.54, 1.807) is 0 Å². The highest BCUT2D eigenvalue weighted by Crippen LogP contribution is 2.14. The third-order valence-electron chi connectivity index (χ3n) is 3.31. The van der Waals surface area contributed by atoms with Crippen molar-refractivity contribution in [1.29, 1.82) is 0 Å². The summed E-state index contributed by atoms with van der Waals surface area (Å²) in [5, 5.41) is 5.62. The quantitative estimate of drug-likeness (QED) is 0.850. The van der Waals surface area contributed by atoms with Crippen molar-refractivity contribution in [2.75, 3.05) is 13.2 Å². The molecule has 0 spiro atoms. The molecule has 1 saturated heterocycles. The maximum absolute atomic E-state index is 12.0. The molecule has 0 aromatic heterocycles. The molecule has 2 amide bonds. The molecule has 1 aromatic carbocycles. The highest BCUT2D eigenvalue weighted by molar-refractivity contribution is 5.83. The Balaban J connectivity index is 1.83. The molecular weight excluding hydrogens is 256 g/mol. The number of amides is 2. The molecule has 108 valence electrons. The molecule has 1 aliphatic heterocycles. The zero-order chi connectivity index (χ0) is 14.4. The second-order valence-corrected chi connectivity index (χ2v) is 4.84. The van der Waals surface area contributed by atoms with Crippen LogP contribution in [0.1, 0.15) is 25.3 Å². The minimum Gasteiger partial charge on any atom is -0.494 e. The number of benzene rings is 1. The topological polar surface area (TPSA) is 67.4 Å². The summed E-state index contributed by atoms with van der Waals surface area (Å²) in [6.45, 7) is 3.47. The molecule has 0 saturated carbocycles. The Hall–Kier alpha value is -2.04. The van der Waals surface area contributed by atoms with Gasteiger partial charge in [-0.1, -0.05) is 12.1 Å². The number of nitrogens with one attached hydrogen (secondary N) is 2. The lowest BCUT2D eigenvalue weighted by atomic mass is 9.98. The molecule has 0 aliphatic carbocycles. The van der Waals surface area contributed by atoms with Crippen LogP contribution in [0.15, 0.2) is 24.3 Å². The van der Waals surface area contributed by atoms with E-state index >= 15 is 0 Å². The zero-order valence-electron chi connectivity index (χ0n) is 11.6. The molecule has 1 fully saturated rings. The number of hydrogen-bond acceptors (Lipinski definition) is 3. The summed E-state index contributed by atoms with van der Waals surface area (Å²) in [5.41, 5.74) is 1.00. The van der Waals surface area contributed by atoms with E-state index in [1.165, 1.54) is 0 Å². The summed E-state index contributed by atoms with van der Waals surface area (Å²) in [7, 11) is 0. The molecule has 1 aromatic rings. The van der Waals surface area contributed by atoms with E-state index in [-0.39, 0.29) is 17.7 Å². The molecule has 20 heavy (non-hydrogen) atoms. The van der Waals surface area contributed by atoms with Gasteiger partial charge >= 0.3 is 0 Å². The Morgan fingerprint density at radius 2 is 2.35 bits per heavy atom. The predicted molar refractivity (Wildman–Crippen MR) is 75.2 cm³/mol. The molecule has 2 N–H and O–H groups in total. The van der Waals surface area contributed by atoms with Gasteiger partial charge in [-0.15, -0.1) is 0 Å². The molecule has 1 heterocycles. The molecule has 1 atom stereocenters. The lowest BCUT2D eigenvalue weighted by Gasteiger charge is -2.21. The second kappa shape index (κ2) is 6.93. The van der Waals surface area contributed by atoms with Crippen molar-refractivity contribution in [2.45, 2.75) is 26.3 Å². The van der Waals surface area contributed by atoms with Gasteiger partial charge in [0.05, 0.1) is 12.5 Å². The van der Waals surface area contributed by atoms with Crippen LogP contribution in [-0.4, -0.2) is 25.0 Å². The Morgan fingerprint density at radius 3 is 3.05 bits per heavy atom. The van der Waals surface area contributed by atoms with Gasteiger partial charge in [-0.3, -0.25) is 9.59 Å². The van der Waals surface area contributed by atoms with Crippen LogP contribution in [0.5, 0.6) is 5.75 Å². The molecule has 0 bridgehead atoms. The Labute approximate surface area is 118 Å². The van der Waals surface area contributed by atoms with Crippen LogP contribution in [-0.2, 0) is 16.1 Å².